The number of nitrogens with zero attached hydrogens (tertiary/aromatic N) is 1. The summed E-state index contributed by atoms with van der Waals surface area (Å²) in [4.78, 5) is 16.5. The van der Waals surface area contributed by atoms with Crippen molar-refractivity contribution in [1.29, 1.82) is 0 Å². The molecule has 1 amide bonds. The van der Waals surface area contributed by atoms with E-state index < -0.39 is 6.10 Å². The Balaban J connectivity index is 1.61. The molecule has 0 radical (unpaired) electrons. The zero-order valence-electron chi connectivity index (χ0n) is 14.7. The number of amides is 1. The molecule has 3 rings (SSSR count). The number of carbonyl (C=O) groups is 1. The van der Waals surface area contributed by atoms with Gasteiger partial charge in [0.05, 0.1) is 6.10 Å². The van der Waals surface area contributed by atoms with Crippen LogP contribution in [0, 0.1) is 0 Å². The van der Waals surface area contributed by atoms with Gasteiger partial charge in [0.25, 0.3) is 5.91 Å². The van der Waals surface area contributed by atoms with Gasteiger partial charge in [0.1, 0.15) is 24.3 Å². The van der Waals surface area contributed by atoms with Crippen LogP contribution in [-0.4, -0.2) is 28.6 Å². The summed E-state index contributed by atoms with van der Waals surface area (Å²) < 4.78 is 12.2. The van der Waals surface area contributed by atoms with Gasteiger partial charge in [-0.25, -0.2) is 4.98 Å². The molecule has 2 N–H and O–H groups in total. The summed E-state index contributed by atoms with van der Waals surface area (Å²) >= 11 is 3.39. The van der Waals surface area contributed by atoms with Crippen LogP contribution in [0.5, 0.6) is 5.75 Å². The molecule has 0 spiro atoms. The van der Waals surface area contributed by atoms with E-state index in [0.717, 1.165) is 10.0 Å². The molecule has 0 aliphatic heterocycles. The lowest BCUT2D eigenvalue weighted by Gasteiger charge is -2.09. The zero-order valence-corrected chi connectivity index (χ0v) is 16.3. The fraction of sp³-hybridized carbons (Fsp3) is 0.200. The van der Waals surface area contributed by atoms with Crippen LogP contribution in [0.1, 0.15) is 23.0 Å². The van der Waals surface area contributed by atoms with Crippen LogP contribution in [0.4, 0.5) is 0 Å². The number of aliphatic hydroxyl groups excluding tert-OH is 1. The van der Waals surface area contributed by atoms with Gasteiger partial charge in [-0.15, -0.1) is 0 Å². The summed E-state index contributed by atoms with van der Waals surface area (Å²) in [5.41, 5.74) is 1.99. The van der Waals surface area contributed by atoms with Gasteiger partial charge >= 0.3 is 0 Å². The Morgan fingerprint density at radius 3 is 2.81 bits per heavy atom. The van der Waals surface area contributed by atoms with Crippen molar-refractivity contribution in [3.05, 3.63) is 70.5 Å². The molecule has 6 nitrogen and oxygen atoms in total. The van der Waals surface area contributed by atoms with Gasteiger partial charge in [-0.2, -0.15) is 0 Å². The number of nitrogens with one attached hydrogen (secondary N) is 1. The summed E-state index contributed by atoms with van der Waals surface area (Å²) in [6.07, 6.45) is 0.955. The topological polar surface area (TPSA) is 84.6 Å². The third-order valence-electron chi connectivity index (χ3n) is 3.68. The van der Waals surface area contributed by atoms with Gasteiger partial charge in [0, 0.05) is 22.1 Å². The lowest BCUT2D eigenvalue weighted by molar-refractivity contribution is 0.0923. The maximum absolute atomic E-state index is 12.1. The Bertz CT molecular complexity index is 906. The lowest BCUT2D eigenvalue weighted by Crippen LogP contribution is -2.30. The molecule has 0 saturated carbocycles. The van der Waals surface area contributed by atoms with E-state index in [1.165, 1.54) is 0 Å². The Morgan fingerprint density at radius 2 is 2.07 bits per heavy atom. The molecule has 1 atom stereocenters. The maximum atomic E-state index is 12.1. The van der Waals surface area contributed by atoms with Crippen LogP contribution in [0.3, 0.4) is 0 Å². The number of ether oxygens (including phenoxy) is 1. The minimum atomic E-state index is -0.597. The van der Waals surface area contributed by atoms with Crippen LogP contribution < -0.4 is 10.1 Å². The van der Waals surface area contributed by atoms with E-state index in [9.17, 15) is 9.90 Å². The predicted molar refractivity (Wildman–Crippen MR) is 104 cm³/mol. The molecule has 0 aliphatic carbocycles. The van der Waals surface area contributed by atoms with Crippen molar-refractivity contribution in [3.63, 3.8) is 0 Å². The highest BCUT2D eigenvalue weighted by Gasteiger charge is 2.10. The average molecular weight is 431 g/mol. The van der Waals surface area contributed by atoms with Gasteiger partial charge in [0.2, 0.25) is 5.89 Å². The fourth-order valence-electron chi connectivity index (χ4n) is 2.33. The number of aliphatic hydroxyl groups is 1. The number of carbonyl (C=O) groups excluding carboxylic acids is 1. The van der Waals surface area contributed by atoms with Gasteiger partial charge in [-0.3, -0.25) is 4.79 Å². The molecule has 0 bridgehead atoms. The minimum Gasteiger partial charge on any atom is -0.487 e. The number of benzene rings is 2. The van der Waals surface area contributed by atoms with Gasteiger partial charge in [-0.1, -0.05) is 22.0 Å². The fourth-order valence-corrected chi connectivity index (χ4v) is 2.59. The summed E-state index contributed by atoms with van der Waals surface area (Å²) in [5, 5.41) is 11.9. The highest BCUT2D eigenvalue weighted by molar-refractivity contribution is 9.10. The molecule has 1 heterocycles. The van der Waals surface area contributed by atoms with E-state index in [4.69, 9.17) is 9.15 Å². The highest BCUT2D eigenvalue weighted by Crippen LogP contribution is 2.22. The molecule has 7 heteroatoms. The number of halogens is 1. The second-order valence-corrected chi connectivity index (χ2v) is 6.94. The molecule has 0 saturated heterocycles. The Hall–Kier alpha value is -2.64. The van der Waals surface area contributed by atoms with Crippen molar-refractivity contribution in [1.82, 2.24) is 10.3 Å². The Kier molecular flexibility index (Phi) is 6.26. The van der Waals surface area contributed by atoms with Gasteiger partial charge in [0.15, 0.2) is 0 Å². The molecule has 1 aromatic heterocycles. The Morgan fingerprint density at radius 1 is 1.30 bits per heavy atom. The van der Waals surface area contributed by atoms with Crippen molar-refractivity contribution in [2.24, 2.45) is 0 Å². The zero-order chi connectivity index (χ0) is 19.2. The second-order valence-electron chi connectivity index (χ2n) is 6.03. The highest BCUT2D eigenvalue weighted by atomic mass is 79.9. The van der Waals surface area contributed by atoms with E-state index in [2.05, 4.69) is 26.2 Å². The molecule has 2 aromatic carbocycles. The van der Waals surface area contributed by atoms with Crippen molar-refractivity contribution >= 4 is 21.8 Å². The Labute approximate surface area is 165 Å². The molecule has 3 aromatic rings. The lowest BCUT2D eigenvalue weighted by atomic mass is 10.2. The van der Waals surface area contributed by atoms with Crippen molar-refractivity contribution in [2.45, 2.75) is 19.6 Å². The van der Waals surface area contributed by atoms with E-state index >= 15 is 0 Å². The minimum absolute atomic E-state index is 0.196. The number of rotatable bonds is 7. The number of oxazole rings is 1. The number of hydrogen-bond acceptors (Lipinski definition) is 5. The molecular weight excluding hydrogens is 412 g/mol. The molecule has 140 valence electrons. The van der Waals surface area contributed by atoms with Gasteiger partial charge < -0.3 is 19.6 Å². The first-order chi connectivity index (χ1) is 13.0. The first-order valence-electron chi connectivity index (χ1n) is 8.41. The molecular formula is C20H19BrN2O4. The largest absolute Gasteiger partial charge is 0.487 e. The monoisotopic (exact) mass is 430 g/mol. The summed E-state index contributed by atoms with van der Waals surface area (Å²) in [6, 6.07) is 14.5. The average Bonchev–Trinajstić information content (AvgIpc) is 3.14. The van der Waals surface area contributed by atoms with Crippen LogP contribution in [0.15, 0.2) is 63.7 Å². The summed E-state index contributed by atoms with van der Waals surface area (Å²) in [6.45, 7) is 2.03. The van der Waals surface area contributed by atoms with E-state index in [1.54, 1.807) is 37.5 Å². The first-order valence-corrected chi connectivity index (χ1v) is 9.20. The van der Waals surface area contributed by atoms with E-state index in [-0.39, 0.29) is 19.1 Å². The second kappa shape index (κ2) is 8.83. The summed E-state index contributed by atoms with van der Waals surface area (Å²) in [5.74, 6) is 0.806. The quantitative estimate of drug-likeness (QED) is 0.595. The number of aromatic nitrogens is 1. The van der Waals surface area contributed by atoms with E-state index in [1.807, 2.05) is 24.3 Å². The van der Waals surface area contributed by atoms with Crippen LogP contribution >= 0.6 is 15.9 Å². The normalized spacial score (nSPS) is 11.8. The van der Waals surface area contributed by atoms with Crippen molar-refractivity contribution < 1.29 is 19.1 Å². The third kappa shape index (κ3) is 5.42. The van der Waals surface area contributed by atoms with Crippen LogP contribution in [0.2, 0.25) is 0 Å². The summed E-state index contributed by atoms with van der Waals surface area (Å²) in [7, 11) is 0. The standard InChI is InChI=1S/C20H19BrN2O4/c1-13(24)10-22-19(25)15-3-2-4-18(9-15)26-11-17-12-27-20(23-17)14-5-7-16(21)8-6-14/h2-9,12-13,24H,10-11H2,1H3,(H,22,25). The molecule has 0 fully saturated rings. The predicted octanol–water partition coefficient (Wildman–Crippen LogP) is 3.79. The van der Waals surface area contributed by atoms with E-state index in [0.29, 0.717) is 22.9 Å². The van der Waals surface area contributed by atoms with Crippen LogP contribution in [0.25, 0.3) is 11.5 Å². The smallest absolute Gasteiger partial charge is 0.251 e. The molecule has 27 heavy (non-hydrogen) atoms. The molecule has 0 aliphatic rings. The third-order valence-corrected chi connectivity index (χ3v) is 4.21. The van der Waals surface area contributed by atoms with Gasteiger partial charge in [-0.05, 0) is 49.4 Å². The van der Waals surface area contributed by atoms with Crippen molar-refractivity contribution in [3.8, 4) is 17.2 Å². The van der Waals surface area contributed by atoms with Crippen LogP contribution in [-0.2, 0) is 6.61 Å². The molecule has 1 unspecified atom stereocenters. The maximum Gasteiger partial charge on any atom is 0.251 e. The number of hydrogen-bond donors (Lipinski definition) is 2. The van der Waals surface area contributed by atoms with Crippen molar-refractivity contribution in [2.75, 3.05) is 6.54 Å². The first kappa shape index (κ1) is 19.1. The SMILES string of the molecule is CC(O)CNC(=O)c1cccc(OCc2coc(-c3ccc(Br)cc3)n2)c1.